The standard InChI is InChI=1S/C24H24F6O4/c1-2-3-12-32-20-11-9-18(22(25)21(20)23(26,27)28)24(29,30)34-17-7-5-16(6-8-17)19-10-4-15(13-31)14-33-19/h5-9,11,13,15,19H,2-4,10,12,14H2,1H3. The van der Waals surface area contributed by atoms with E-state index >= 15 is 0 Å². The first-order chi connectivity index (χ1) is 16.1. The van der Waals surface area contributed by atoms with E-state index in [2.05, 4.69) is 4.74 Å². The predicted octanol–water partition coefficient (Wildman–Crippen LogP) is 6.82. The zero-order valence-corrected chi connectivity index (χ0v) is 18.3. The van der Waals surface area contributed by atoms with Gasteiger partial charge in [0.05, 0.1) is 19.3 Å². The van der Waals surface area contributed by atoms with Gasteiger partial charge in [-0.3, -0.25) is 0 Å². The fourth-order valence-electron chi connectivity index (χ4n) is 3.59. The second-order valence-corrected chi connectivity index (χ2v) is 7.98. The molecule has 0 aromatic heterocycles. The molecule has 2 aromatic carbocycles. The second kappa shape index (κ2) is 10.7. The summed E-state index contributed by atoms with van der Waals surface area (Å²) < 4.78 is 99.6. The summed E-state index contributed by atoms with van der Waals surface area (Å²) in [4.78, 5) is 10.8. The van der Waals surface area contributed by atoms with Gasteiger partial charge in [-0.1, -0.05) is 25.5 Å². The zero-order valence-electron chi connectivity index (χ0n) is 18.3. The molecule has 1 heterocycles. The van der Waals surface area contributed by atoms with Crippen LogP contribution in [0, 0.1) is 11.7 Å². The number of aldehydes is 1. The highest BCUT2D eigenvalue weighted by atomic mass is 19.4. The van der Waals surface area contributed by atoms with E-state index in [0.29, 0.717) is 43.4 Å². The fourth-order valence-corrected chi connectivity index (χ4v) is 3.59. The van der Waals surface area contributed by atoms with E-state index < -0.39 is 35.0 Å². The van der Waals surface area contributed by atoms with Gasteiger partial charge in [0, 0.05) is 5.92 Å². The van der Waals surface area contributed by atoms with Gasteiger partial charge in [-0.25, -0.2) is 4.39 Å². The summed E-state index contributed by atoms with van der Waals surface area (Å²) in [6.45, 7) is 1.93. The van der Waals surface area contributed by atoms with Gasteiger partial charge < -0.3 is 19.0 Å². The van der Waals surface area contributed by atoms with E-state index in [4.69, 9.17) is 9.47 Å². The second-order valence-electron chi connectivity index (χ2n) is 7.98. The topological polar surface area (TPSA) is 44.8 Å². The minimum Gasteiger partial charge on any atom is -0.493 e. The van der Waals surface area contributed by atoms with Crippen LogP contribution in [-0.2, 0) is 21.8 Å². The number of alkyl halides is 5. The number of benzene rings is 2. The van der Waals surface area contributed by atoms with Crippen LogP contribution in [0.3, 0.4) is 0 Å². The Balaban J connectivity index is 1.79. The van der Waals surface area contributed by atoms with Crippen molar-refractivity contribution in [2.24, 2.45) is 5.92 Å². The summed E-state index contributed by atoms with van der Waals surface area (Å²) in [6.07, 6.45) is -6.89. The van der Waals surface area contributed by atoms with Gasteiger partial charge in [-0.05, 0) is 49.1 Å². The van der Waals surface area contributed by atoms with Crippen LogP contribution in [0.25, 0.3) is 0 Å². The van der Waals surface area contributed by atoms with Crippen molar-refractivity contribution in [3.8, 4) is 11.5 Å². The molecule has 186 valence electrons. The number of carbonyl (C=O) groups excluding carboxylic acids is 1. The van der Waals surface area contributed by atoms with Crippen molar-refractivity contribution in [3.63, 3.8) is 0 Å². The molecule has 2 aromatic rings. The number of hydrogen-bond donors (Lipinski definition) is 0. The zero-order chi connectivity index (χ0) is 24.9. The Labute approximate surface area is 192 Å². The van der Waals surface area contributed by atoms with Crippen molar-refractivity contribution in [2.75, 3.05) is 13.2 Å². The molecule has 0 N–H and O–H groups in total. The van der Waals surface area contributed by atoms with Crippen LogP contribution in [0.4, 0.5) is 26.3 Å². The van der Waals surface area contributed by atoms with E-state index in [9.17, 15) is 31.1 Å². The number of halogens is 6. The summed E-state index contributed by atoms with van der Waals surface area (Å²) in [5.74, 6) is -3.56. The summed E-state index contributed by atoms with van der Waals surface area (Å²) in [5, 5.41) is 0. The van der Waals surface area contributed by atoms with Crippen LogP contribution >= 0.6 is 0 Å². The molecule has 34 heavy (non-hydrogen) atoms. The Morgan fingerprint density at radius 3 is 2.32 bits per heavy atom. The SMILES string of the molecule is CCCCOc1ccc(C(F)(F)Oc2ccc(C3CCC(C=O)CO3)cc2)c(F)c1C(F)(F)F. The summed E-state index contributed by atoms with van der Waals surface area (Å²) >= 11 is 0. The maximum atomic E-state index is 14.7. The molecular formula is C24H24F6O4. The van der Waals surface area contributed by atoms with E-state index in [0.717, 1.165) is 6.29 Å². The summed E-state index contributed by atoms with van der Waals surface area (Å²) in [6, 6.07) is 6.54. The molecule has 0 bridgehead atoms. The molecule has 0 radical (unpaired) electrons. The maximum Gasteiger partial charge on any atom is 0.429 e. The van der Waals surface area contributed by atoms with Gasteiger partial charge in [-0.15, -0.1) is 0 Å². The Hall–Kier alpha value is -2.75. The molecule has 3 rings (SSSR count). The quantitative estimate of drug-likeness (QED) is 0.220. The molecule has 4 nitrogen and oxygen atoms in total. The van der Waals surface area contributed by atoms with Crippen molar-refractivity contribution in [2.45, 2.75) is 51.0 Å². The smallest absolute Gasteiger partial charge is 0.429 e. The molecule has 2 atom stereocenters. The molecule has 0 amide bonds. The number of hydrogen-bond acceptors (Lipinski definition) is 4. The third-order valence-electron chi connectivity index (χ3n) is 5.46. The highest BCUT2D eigenvalue weighted by Crippen LogP contribution is 2.43. The molecule has 0 spiro atoms. The summed E-state index contributed by atoms with van der Waals surface area (Å²) in [7, 11) is 0. The molecule has 10 heteroatoms. The highest BCUT2D eigenvalue weighted by Gasteiger charge is 2.45. The molecule has 1 aliphatic rings. The average Bonchev–Trinajstić information content (AvgIpc) is 2.78. The predicted molar refractivity (Wildman–Crippen MR) is 110 cm³/mol. The van der Waals surface area contributed by atoms with Crippen LogP contribution in [0.5, 0.6) is 11.5 Å². The fraction of sp³-hybridized carbons (Fsp3) is 0.458. The molecule has 1 saturated heterocycles. The van der Waals surface area contributed by atoms with Crippen LogP contribution in [0.1, 0.15) is 55.4 Å². The monoisotopic (exact) mass is 490 g/mol. The summed E-state index contributed by atoms with van der Waals surface area (Å²) in [5.41, 5.74) is -2.79. The first kappa shape index (κ1) is 25.9. The first-order valence-corrected chi connectivity index (χ1v) is 10.8. The third-order valence-corrected chi connectivity index (χ3v) is 5.46. The molecule has 1 aliphatic heterocycles. The van der Waals surface area contributed by atoms with E-state index in [1.54, 1.807) is 6.92 Å². The van der Waals surface area contributed by atoms with Crippen molar-refractivity contribution in [1.29, 1.82) is 0 Å². The van der Waals surface area contributed by atoms with Crippen LogP contribution in [0.15, 0.2) is 36.4 Å². The van der Waals surface area contributed by atoms with E-state index in [-0.39, 0.29) is 31.0 Å². The van der Waals surface area contributed by atoms with Crippen molar-refractivity contribution < 1.29 is 45.3 Å². The molecule has 0 aliphatic carbocycles. The lowest BCUT2D eigenvalue weighted by molar-refractivity contribution is -0.188. The van der Waals surface area contributed by atoms with Crippen LogP contribution in [0.2, 0.25) is 0 Å². The highest BCUT2D eigenvalue weighted by molar-refractivity contribution is 5.53. The minimum absolute atomic E-state index is 0.113. The van der Waals surface area contributed by atoms with Gasteiger partial charge in [-0.2, -0.15) is 22.0 Å². The molecule has 2 unspecified atom stereocenters. The van der Waals surface area contributed by atoms with E-state index in [1.807, 2.05) is 0 Å². The number of carbonyl (C=O) groups is 1. The molecular weight excluding hydrogens is 466 g/mol. The van der Waals surface area contributed by atoms with Crippen molar-refractivity contribution >= 4 is 6.29 Å². The Morgan fingerprint density at radius 1 is 1.06 bits per heavy atom. The largest absolute Gasteiger partial charge is 0.493 e. The number of unbranched alkanes of at least 4 members (excludes halogenated alkanes) is 1. The first-order valence-electron chi connectivity index (χ1n) is 10.8. The third kappa shape index (κ3) is 6.02. The normalized spacial score (nSPS) is 19.0. The lowest BCUT2D eigenvalue weighted by Gasteiger charge is -2.26. The van der Waals surface area contributed by atoms with Gasteiger partial charge in [0.15, 0.2) is 5.82 Å². The lowest BCUT2D eigenvalue weighted by Crippen LogP contribution is -2.26. The molecule has 1 fully saturated rings. The maximum absolute atomic E-state index is 14.7. The molecule has 0 saturated carbocycles. The lowest BCUT2D eigenvalue weighted by atomic mass is 9.96. The van der Waals surface area contributed by atoms with Crippen molar-refractivity contribution in [3.05, 3.63) is 58.9 Å². The van der Waals surface area contributed by atoms with Gasteiger partial charge in [0.2, 0.25) is 0 Å². The Morgan fingerprint density at radius 2 is 1.76 bits per heavy atom. The van der Waals surface area contributed by atoms with E-state index in [1.165, 1.54) is 24.3 Å². The van der Waals surface area contributed by atoms with Gasteiger partial charge in [0.1, 0.15) is 28.9 Å². The number of rotatable bonds is 9. The van der Waals surface area contributed by atoms with Crippen LogP contribution in [-0.4, -0.2) is 19.5 Å². The Kier molecular flexibility index (Phi) is 8.12. The minimum atomic E-state index is -5.25. The number of ether oxygens (including phenoxy) is 3. The van der Waals surface area contributed by atoms with Gasteiger partial charge >= 0.3 is 12.3 Å². The van der Waals surface area contributed by atoms with Crippen molar-refractivity contribution in [1.82, 2.24) is 0 Å². The Bertz CT molecular complexity index is 967. The van der Waals surface area contributed by atoms with Crippen LogP contribution < -0.4 is 9.47 Å². The van der Waals surface area contributed by atoms with Gasteiger partial charge in [0.25, 0.3) is 0 Å². The average molecular weight is 490 g/mol.